The lowest BCUT2D eigenvalue weighted by atomic mass is 9.82. The van der Waals surface area contributed by atoms with E-state index in [1.54, 1.807) is 18.2 Å². The van der Waals surface area contributed by atoms with Crippen molar-refractivity contribution in [2.75, 3.05) is 0 Å². The van der Waals surface area contributed by atoms with Crippen LogP contribution in [-0.2, 0) is 15.0 Å². The molecule has 0 saturated heterocycles. The van der Waals surface area contributed by atoms with Crippen LogP contribution in [0.1, 0.15) is 12.5 Å². The molecule has 0 fully saturated rings. The predicted molar refractivity (Wildman–Crippen MR) is 111 cm³/mol. The minimum absolute atomic E-state index is 0.130. The third kappa shape index (κ3) is 4.59. The van der Waals surface area contributed by atoms with Crippen LogP contribution in [-0.4, -0.2) is 21.8 Å². The van der Waals surface area contributed by atoms with E-state index in [1.807, 2.05) is 0 Å². The zero-order chi connectivity index (χ0) is 23.3. The normalized spacial score (nSPS) is 10.8. The number of carbonyl (C=O) groups is 2. The van der Waals surface area contributed by atoms with Gasteiger partial charge in [0, 0.05) is 12.1 Å². The molecule has 0 spiro atoms. The molecule has 3 rings (SSSR count). The molecule has 10 nitrogen and oxygen atoms in total. The number of rotatable bonds is 7. The Labute approximate surface area is 181 Å². The molecule has 0 bridgehead atoms. The van der Waals surface area contributed by atoms with Gasteiger partial charge >= 0.3 is 11.9 Å². The zero-order valence-corrected chi connectivity index (χ0v) is 16.7. The van der Waals surface area contributed by atoms with Gasteiger partial charge in [0.05, 0.1) is 22.0 Å². The average molecular weight is 436 g/mol. The summed E-state index contributed by atoms with van der Waals surface area (Å²) in [6.07, 6.45) is 0. The van der Waals surface area contributed by atoms with Crippen molar-refractivity contribution in [3.8, 4) is 11.5 Å². The maximum absolute atomic E-state index is 13.1. The maximum atomic E-state index is 13.1. The number of ether oxygens (including phenoxy) is 2. The van der Waals surface area contributed by atoms with Crippen molar-refractivity contribution in [3.05, 3.63) is 105 Å². The third-order valence-corrected chi connectivity index (χ3v) is 4.65. The number of hydrogen-bond donors (Lipinski definition) is 0. The van der Waals surface area contributed by atoms with Gasteiger partial charge in [-0.05, 0) is 24.6 Å². The second kappa shape index (κ2) is 9.04. The van der Waals surface area contributed by atoms with E-state index in [1.165, 1.54) is 55.5 Å². The molecular formula is C22H16N2O8. The Bertz CT molecular complexity index is 1120. The Morgan fingerprint density at radius 2 is 1.16 bits per heavy atom. The van der Waals surface area contributed by atoms with Gasteiger partial charge in [0.25, 0.3) is 11.4 Å². The maximum Gasteiger partial charge on any atom is 0.333 e. The Morgan fingerprint density at radius 3 is 1.56 bits per heavy atom. The minimum atomic E-state index is -1.98. The molecule has 0 aromatic heterocycles. The first-order valence-electron chi connectivity index (χ1n) is 9.21. The average Bonchev–Trinajstić information content (AvgIpc) is 2.79. The van der Waals surface area contributed by atoms with Crippen molar-refractivity contribution in [1.29, 1.82) is 0 Å². The van der Waals surface area contributed by atoms with Crippen LogP contribution in [0.5, 0.6) is 11.5 Å². The highest BCUT2D eigenvalue weighted by Crippen LogP contribution is 2.31. The molecule has 10 heteroatoms. The van der Waals surface area contributed by atoms with E-state index in [4.69, 9.17) is 9.47 Å². The standard InChI is InChI=1S/C22H16N2O8/c1-22(15-7-3-2-4-8-15,20(25)31-18-11-5-9-16(13-18)23(27)28)21(26)32-19-12-6-10-17(14-19)24(29)30/h2-14H,1H3. The van der Waals surface area contributed by atoms with Gasteiger partial charge in [-0.2, -0.15) is 0 Å². The van der Waals surface area contributed by atoms with Crippen molar-refractivity contribution < 1.29 is 28.9 Å². The van der Waals surface area contributed by atoms with Gasteiger partial charge in [0.15, 0.2) is 5.41 Å². The molecule has 0 saturated carbocycles. The number of nitro groups is 2. The van der Waals surface area contributed by atoms with E-state index in [0.717, 1.165) is 12.1 Å². The lowest BCUT2D eigenvalue weighted by Crippen LogP contribution is -2.46. The van der Waals surface area contributed by atoms with Crippen molar-refractivity contribution in [1.82, 2.24) is 0 Å². The van der Waals surface area contributed by atoms with E-state index in [2.05, 4.69) is 0 Å². The molecule has 32 heavy (non-hydrogen) atoms. The molecule has 0 aliphatic rings. The molecule has 162 valence electrons. The molecule has 0 N–H and O–H groups in total. The number of hydrogen-bond acceptors (Lipinski definition) is 8. The SMILES string of the molecule is CC(C(=O)Oc1cccc([N+](=O)[O-])c1)(C(=O)Oc1cccc([N+](=O)[O-])c1)c1ccccc1. The summed E-state index contributed by atoms with van der Waals surface area (Å²) in [6.45, 7) is 1.28. The lowest BCUT2D eigenvalue weighted by Gasteiger charge is -2.25. The van der Waals surface area contributed by atoms with Gasteiger partial charge in [-0.3, -0.25) is 29.8 Å². The number of esters is 2. The molecule has 0 radical (unpaired) electrons. The fourth-order valence-electron chi connectivity index (χ4n) is 2.83. The van der Waals surface area contributed by atoms with Crippen molar-refractivity contribution >= 4 is 23.3 Å². The second-order valence-corrected chi connectivity index (χ2v) is 6.78. The Balaban J connectivity index is 1.96. The highest BCUT2D eigenvalue weighted by molar-refractivity contribution is 6.07. The molecule has 0 amide bonds. The van der Waals surface area contributed by atoms with Crippen LogP contribution < -0.4 is 9.47 Å². The molecule has 3 aromatic carbocycles. The Hall–Kier alpha value is -4.60. The Morgan fingerprint density at radius 1 is 0.719 bits per heavy atom. The summed E-state index contributed by atoms with van der Waals surface area (Å²) < 4.78 is 10.6. The summed E-state index contributed by atoms with van der Waals surface area (Å²) in [5.74, 6) is -2.34. The fourth-order valence-corrected chi connectivity index (χ4v) is 2.83. The van der Waals surface area contributed by atoms with E-state index < -0.39 is 27.2 Å². The summed E-state index contributed by atoms with van der Waals surface area (Å²) in [6, 6.07) is 17.8. The van der Waals surface area contributed by atoms with Crippen LogP contribution in [0.3, 0.4) is 0 Å². The fraction of sp³-hybridized carbons (Fsp3) is 0.0909. The van der Waals surface area contributed by atoms with Crippen molar-refractivity contribution in [3.63, 3.8) is 0 Å². The van der Waals surface area contributed by atoms with Crippen LogP contribution in [0.25, 0.3) is 0 Å². The van der Waals surface area contributed by atoms with Gasteiger partial charge in [0.1, 0.15) is 11.5 Å². The molecule has 0 aliphatic carbocycles. The molecule has 0 aliphatic heterocycles. The van der Waals surface area contributed by atoms with E-state index in [0.29, 0.717) is 0 Å². The van der Waals surface area contributed by atoms with Crippen LogP contribution in [0.4, 0.5) is 11.4 Å². The van der Waals surface area contributed by atoms with Gasteiger partial charge in [0.2, 0.25) is 0 Å². The quantitative estimate of drug-likeness (QED) is 0.178. The van der Waals surface area contributed by atoms with Crippen LogP contribution >= 0.6 is 0 Å². The summed E-state index contributed by atoms with van der Waals surface area (Å²) in [4.78, 5) is 46.9. The summed E-state index contributed by atoms with van der Waals surface area (Å²) in [5, 5.41) is 22.0. The van der Waals surface area contributed by atoms with E-state index in [-0.39, 0.29) is 28.4 Å². The highest BCUT2D eigenvalue weighted by atomic mass is 16.6. The van der Waals surface area contributed by atoms with Crippen molar-refractivity contribution in [2.45, 2.75) is 12.3 Å². The number of nitrogens with zero attached hydrogens (tertiary/aromatic N) is 2. The van der Waals surface area contributed by atoms with E-state index >= 15 is 0 Å². The number of carbonyl (C=O) groups excluding carboxylic acids is 2. The van der Waals surface area contributed by atoms with E-state index in [9.17, 15) is 29.8 Å². The smallest absolute Gasteiger partial charge is 0.333 e. The molecule has 0 heterocycles. The van der Waals surface area contributed by atoms with Gasteiger partial charge in [-0.1, -0.05) is 42.5 Å². The topological polar surface area (TPSA) is 139 Å². The summed E-state index contributed by atoms with van der Waals surface area (Å²) >= 11 is 0. The second-order valence-electron chi connectivity index (χ2n) is 6.78. The first-order valence-corrected chi connectivity index (χ1v) is 9.21. The van der Waals surface area contributed by atoms with Gasteiger partial charge in [-0.15, -0.1) is 0 Å². The molecule has 0 unspecified atom stereocenters. The summed E-state index contributed by atoms with van der Waals surface area (Å²) in [5.41, 5.74) is -2.33. The lowest BCUT2D eigenvalue weighted by molar-refractivity contribution is -0.385. The minimum Gasteiger partial charge on any atom is -0.425 e. The third-order valence-electron chi connectivity index (χ3n) is 4.65. The van der Waals surface area contributed by atoms with Gasteiger partial charge in [-0.25, -0.2) is 0 Å². The largest absolute Gasteiger partial charge is 0.425 e. The number of nitro benzene ring substituents is 2. The first-order chi connectivity index (χ1) is 15.2. The predicted octanol–water partition coefficient (Wildman–Crippen LogP) is 3.97. The van der Waals surface area contributed by atoms with Crippen LogP contribution in [0, 0.1) is 20.2 Å². The van der Waals surface area contributed by atoms with Gasteiger partial charge < -0.3 is 9.47 Å². The highest BCUT2D eigenvalue weighted by Gasteiger charge is 2.47. The zero-order valence-electron chi connectivity index (χ0n) is 16.7. The van der Waals surface area contributed by atoms with Crippen LogP contribution in [0.15, 0.2) is 78.9 Å². The van der Waals surface area contributed by atoms with Crippen molar-refractivity contribution in [2.24, 2.45) is 0 Å². The monoisotopic (exact) mass is 436 g/mol. The number of non-ortho nitro benzene ring substituents is 2. The van der Waals surface area contributed by atoms with Crippen LogP contribution in [0.2, 0.25) is 0 Å². The molecule has 0 atom stereocenters. The first kappa shape index (κ1) is 22.1. The number of benzene rings is 3. The molecule has 3 aromatic rings. The summed E-state index contributed by atoms with van der Waals surface area (Å²) in [7, 11) is 0. The Kier molecular flexibility index (Phi) is 6.24. The molecular weight excluding hydrogens is 420 g/mol.